The molecule has 104 valence electrons. The van der Waals surface area contributed by atoms with Crippen LogP contribution >= 0.6 is 11.6 Å². The number of hydrogen-bond acceptors (Lipinski definition) is 1. The van der Waals surface area contributed by atoms with Crippen LogP contribution in [0.1, 0.15) is 32.6 Å². The van der Waals surface area contributed by atoms with Crippen molar-refractivity contribution in [1.82, 2.24) is 0 Å². The standard InChI is InChI=1S/C17H18ClNO/c1-10-7-12(3)15(9-11(10)2)17(20)19-16-6-5-14(18)8-13(16)4/h5-9H,1-4H3,(H,19,20). The molecule has 0 aliphatic carbocycles. The van der Waals surface area contributed by atoms with E-state index in [1.165, 1.54) is 5.56 Å². The fraction of sp³-hybridized carbons (Fsp3) is 0.235. The number of carbonyl (C=O) groups excluding carboxylic acids is 1. The predicted molar refractivity (Wildman–Crippen MR) is 84.8 cm³/mol. The van der Waals surface area contributed by atoms with Gasteiger partial charge in [-0.15, -0.1) is 0 Å². The third-order valence-corrected chi connectivity index (χ3v) is 3.76. The summed E-state index contributed by atoms with van der Waals surface area (Å²) in [7, 11) is 0. The molecule has 2 rings (SSSR count). The second kappa shape index (κ2) is 5.68. The highest BCUT2D eigenvalue weighted by Crippen LogP contribution is 2.22. The van der Waals surface area contributed by atoms with Crippen molar-refractivity contribution in [2.24, 2.45) is 0 Å². The molecule has 0 aliphatic rings. The molecule has 0 fully saturated rings. The molecule has 1 amide bonds. The molecule has 0 bridgehead atoms. The Morgan fingerprint density at radius 1 is 0.900 bits per heavy atom. The van der Waals surface area contributed by atoms with E-state index < -0.39 is 0 Å². The minimum atomic E-state index is -0.0870. The van der Waals surface area contributed by atoms with E-state index in [4.69, 9.17) is 11.6 Å². The summed E-state index contributed by atoms with van der Waals surface area (Å²) >= 11 is 5.92. The zero-order valence-electron chi connectivity index (χ0n) is 12.2. The van der Waals surface area contributed by atoms with Crippen LogP contribution < -0.4 is 5.32 Å². The maximum absolute atomic E-state index is 12.4. The fourth-order valence-electron chi connectivity index (χ4n) is 2.16. The molecule has 0 atom stereocenters. The molecule has 2 nitrogen and oxygen atoms in total. The van der Waals surface area contributed by atoms with Gasteiger partial charge in [0.15, 0.2) is 0 Å². The SMILES string of the molecule is Cc1cc(C)c(C(=O)Nc2ccc(Cl)cc2C)cc1C. The summed E-state index contributed by atoms with van der Waals surface area (Å²) in [5.41, 5.74) is 5.75. The lowest BCUT2D eigenvalue weighted by Crippen LogP contribution is -2.14. The Bertz CT molecular complexity index is 677. The number of nitrogens with one attached hydrogen (secondary N) is 1. The molecule has 20 heavy (non-hydrogen) atoms. The first-order valence-electron chi connectivity index (χ1n) is 6.54. The Morgan fingerprint density at radius 2 is 1.55 bits per heavy atom. The van der Waals surface area contributed by atoms with Crippen molar-refractivity contribution < 1.29 is 4.79 Å². The molecule has 0 saturated heterocycles. The summed E-state index contributed by atoms with van der Waals surface area (Å²) < 4.78 is 0. The molecule has 0 unspecified atom stereocenters. The number of amides is 1. The van der Waals surface area contributed by atoms with Gasteiger partial charge < -0.3 is 5.32 Å². The van der Waals surface area contributed by atoms with E-state index in [-0.39, 0.29) is 5.91 Å². The van der Waals surface area contributed by atoms with E-state index >= 15 is 0 Å². The Kier molecular flexibility index (Phi) is 4.15. The molecule has 3 heteroatoms. The molecule has 0 aromatic heterocycles. The highest BCUT2D eigenvalue weighted by atomic mass is 35.5. The van der Waals surface area contributed by atoms with E-state index in [1.54, 1.807) is 6.07 Å². The van der Waals surface area contributed by atoms with E-state index in [2.05, 4.69) is 5.32 Å². The van der Waals surface area contributed by atoms with Gasteiger partial charge in [-0.25, -0.2) is 0 Å². The Morgan fingerprint density at radius 3 is 2.20 bits per heavy atom. The monoisotopic (exact) mass is 287 g/mol. The van der Waals surface area contributed by atoms with Crippen LogP contribution in [-0.2, 0) is 0 Å². The number of halogens is 1. The molecule has 1 N–H and O–H groups in total. The Labute approximate surface area is 124 Å². The van der Waals surface area contributed by atoms with Crippen LogP contribution in [0.25, 0.3) is 0 Å². The van der Waals surface area contributed by atoms with Crippen LogP contribution in [0.2, 0.25) is 5.02 Å². The van der Waals surface area contributed by atoms with Crippen molar-refractivity contribution in [2.45, 2.75) is 27.7 Å². The number of hydrogen-bond donors (Lipinski definition) is 1. The van der Waals surface area contributed by atoms with E-state index in [0.29, 0.717) is 10.6 Å². The van der Waals surface area contributed by atoms with Gasteiger partial charge in [0.05, 0.1) is 0 Å². The highest BCUT2D eigenvalue weighted by Gasteiger charge is 2.12. The highest BCUT2D eigenvalue weighted by molar-refractivity contribution is 6.30. The first-order chi connectivity index (χ1) is 9.38. The van der Waals surface area contributed by atoms with Crippen molar-refractivity contribution in [1.29, 1.82) is 0 Å². The second-order valence-electron chi connectivity index (χ2n) is 5.16. The quantitative estimate of drug-likeness (QED) is 0.842. The van der Waals surface area contributed by atoms with E-state index in [0.717, 1.165) is 22.4 Å². The average Bonchev–Trinajstić information content (AvgIpc) is 2.37. The van der Waals surface area contributed by atoms with Crippen LogP contribution in [-0.4, -0.2) is 5.91 Å². The molecule has 0 aliphatic heterocycles. The van der Waals surface area contributed by atoms with Crippen LogP contribution in [0.15, 0.2) is 30.3 Å². The van der Waals surface area contributed by atoms with Gasteiger partial charge in [-0.3, -0.25) is 4.79 Å². The Hall–Kier alpha value is -1.80. The maximum atomic E-state index is 12.4. The lowest BCUT2D eigenvalue weighted by Gasteiger charge is -2.12. The average molecular weight is 288 g/mol. The van der Waals surface area contributed by atoms with Gasteiger partial charge in [-0.05, 0) is 74.2 Å². The fourth-order valence-corrected chi connectivity index (χ4v) is 2.39. The first kappa shape index (κ1) is 14.6. The van der Waals surface area contributed by atoms with Gasteiger partial charge in [-0.2, -0.15) is 0 Å². The third kappa shape index (κ3) is 3.02. The van der Waals surface area contributed by atoms with Crippen LogP contribution in [0, 0.1) is 27.7 Å². The van der Waals surface area contributed by atoms with Gasteiger partial charge in [0.1, 0.15) is 0 Å². The summed E-state index contributed by atoms with van der Waals surface area (Å²) in [6.45, 7) is 7.94. The van der Waals surface area contributed by atoms with Gasteiger partial charge in [-0.1, -0.05) is 17.7 Å². The van der Waals surface area contributed by atoms with Gasteiger partial charge in [0.2, 0.25) is 0 Å². The number of rotatable bonds is 2. The second-order valence-corrected chi connectivity index (χ2v) is 5.60. The largest absolute Gasteiger partial charge is 0.322 e. The summed E-state index contributed by atoms with van der Waals surface area (Å²) in [6, 6.07) is 9.41. The Balaban J connectivity index is 2.31. The summed E-state index contributed by atoms with van der Waals surface area (Å²) in [5, 5.41) is 3.61. The molecule has 0 radical (unpaired) electrons. The normalized spacial score (nSPS) is 10.4. The molecule has 0 heterocycles. The van der Waals surface area contributed by atoms with E-state index in [1.807, 2.05) is 52.0 Å². The van der Waals surface area contributed by atoms with E-state index in [9.17, 15) is 4.79 Å². The molecular weight excluding hydrogens is 270 g/mol. The van der Waals surface area contributed by atoms with Crippen molar-refractivity contribution in [3.63, 3.8) is 0 Å². The lowest BCUT2D eigenvalue weighted by atomic mass is 10.0. The molecule has 0 spiro atoms. The van der Waals surface area contributed by atoms with Crippen molar-refractivity contribution in [3.05, 3.63) is 63.2 Å². The van der Waals surface area contributed by atoms with Crippen LogP contribution in [0.4, 0.5) is 5.69 Å². The summed E-state index contributed by atoms with van der Waals surface area (Å²) in [5.74, 6) is -0.0870. The minimum Gasteiger partial charge on any atom is -0.322 e. The topological polar surface area (TPSA) is 29.1 Å². The molecule has 2 aromatic carbocycles. The lowest BCUT2D eigenvalue weighted by molar-refractivity contribution is 0.102. The number of benzene rings is 2. The van der Waals surface area contributed by atoms with Crippen LogP contribution in [0.5, 0.6) is 0 Å². The smallest absolute Gasteiger partial charge is 0.255 e. The van der Waals surface area contributed by atoms with Gasteiger partial charge >= 0.3 is 0 Å². The zero-order chi connectivity index (χ0) is 14.9. The summed E-state index contributed by atoms with van der Waals surface area (Å²) in [6.07, 6.45) is 0. The third-order valence-electron chi connectivity index (χ3n) is 3.52. The number of anilines is 1. The number of carbonyl (C=O) groups is 1. The molecular formula is C17H18ClNO. The van der Waals surface area contributed by atoms with Crippen molar-refractivity contribution >= 4 is 23.2 Å². The van der Waals surface area contributed by atoms with Crippen molar-refractivity contribution in [2.75, 3.05) is 5.32 Å². The predicted octanol–water partition coefficient (Wildman–Crippen LogP) is 4.83. The summed E-state index contributed by atoms with van der Waals surface area (Å²) in [4.78, 5) is 12.4. The zero-order valence-corrected chi connectivity index (χ0v) is 12.9. The van der Waals surface area contributed by atoms with Crippen LogP contribution in [0.3, 0.4) is 0 Å². The minimum absolute atomic E-state index is 0.0870. The maximum Gasteiger partial charge on any atom is 0.255 e. The van der Waals surface area contributed by atoms with Gasteiger partial charge in [0.25, 0.3) is 5.91 Å². The van der Waals surface area contributed by atoms with Crippen molar-refractivity contribution in [3.8, 4) is 0 Å². The number of aryl methyl sites for hydroxylation is 4. The van der Waals surface area contributed by atoms with Gasteiger partial charge in [0, 0.05) is 16.3 Å². The first-order valence-corrected chi connectivity index (χ1v) is 6.91. The molecule has 2 aromatic rings. The molecule has 0 saturated carbocycles.